The number of carboxylic acids is 1. The molecule has 0 atom stereocenters. The maximum Gasteiger partial charge on any atom is 0.340 e. The van der Waals surface area contributed by atoms with Crippen LogP contribution in [0.5, 0.6) is 0 Å². The molecule has 0 bridgehead atoms. The summed E-state index contributed by atoms with van der Waals surface area (Å²) in [6, 6.07) is 0. The maximum absolute atomic E-state index is 9.72. The summed E-state index contributed by atoms with van der Waals surface area (Å²) in [5.41, 5.74) is 0. The summed E-state index contributed by atoms with van der Waals surface area (Å²) < 4.78 is 4.02. The van der Waals surface area contributed by atoms with Crippen molar-refractivity contribution < 1.29 is 14.1 Å². The van der Waals surface area contributed by atoms with Gasteiger partial charge in [-0.15, -0.1) is 0 Å². The molecule has 0 saturated carbocycles. The average Bonchev–Trinajstić information content (AvgIpc) is 1.65. The van der Waals surface area contributed by atoms with Gasteiger partial charge in [0.1, 0.15) is 0 Å². The zero-order valence-electron chi connectivity index (χ0n) is 3.71. The number of rotatable bonds is 2. The fourth-order valence-electron chi connectivity index (χ4n) is 0.0390. The molecule has 0 aliphatic heterocycles. The summed E-state index contributed by atoms with van der Waals surface area (Å²) in [7, 11) is 0. The van der Waals surface area contributed by atoms with Crippen molar-refractivity contribution in [3.8, 4) is 0 Å². The van der Waals surface area contributed by atoms with E-state index in [1.807, 2.05) is 0 Å². The molecule has 4 heteroatoms. The van der Waals surface area contributed by atoms with Crippen LogP contribution in [0.15, 0.2) is 0 Å². The van der Waals surface area contributed by atoms with E-state index in [9.17, 15) is 4.79 Å². The first-order chi connectivity index (χ1) is 3.18. The topological polar surface area (TPSA) is 46.5 Å². The Kier molecular flexibility index (Phi) is 2.78. The third kappa shape index (κ3) is 2.47. The van der Waals surface area contributed by atoms with E-state index in [-0.39, 0.29) is 6.10 Å². The lowest BCUT2D eigenvalue weighted by atomic mass is 10.4. The molecule has 7 heavy (non-hydrogen) atoms. The molecule has 0 saturated heterocycles. The van der Waals surface area contributed by atoms with Crippen molar-refractivity contribution in [2.75, 3.05) is 0 Å². The van der Waals surface area contributed by atoms with Gasteiger partial charge in [0.15, 0.2) is 0 Å². The standard InChI is InChI=1S/C3H5O3S/c1-2(6-7)3(4)5/h7H,1H3,(H,4,5). The first kappa shape index (κ1) is 6.78. The number of thiol groups is 1. The van der Waals surface area contributed by atoms with Crippen molar-refractivity contribution in [2.24, 2.45) is 0 Å². The van der Waals surface area contributed by atoms with Crippen LogP contribution in [0.2, 0.25) is 0 Å². The minimum absolute atomic E-state index is 0.122. The number of hydrogen-bond donors (Lipinski definition) is 2. The highest BCUT2D eigenvalue weighted by Crippen LogP contribution is 2.00. The zero-order chi connectivity index (χ0) is 5.86. The molecule has 41 valence electrons. The molecule has 3 nitrogen and oxygen atoms in total. The van der Waals surface area contributed by atoms with Crippen LogP contribution in [-0.4, -0.2) is 11.1 Å². The van der Waals surface area contributed by atoms with Gasteiger partial charge in [0.05, 0.1) is 0 Å². The summed E-state index contributed by atoms with van der Waals surface area (Å²) in [6.07, 6.45) is -0.122. The van der Waals surface area contributed by atoms with Crippen LogP contribution in [0.25, 0.3) is 0 Å². The van der Waals surface area contributed by atoms with Gasteiger partial charge in [-0.1, -0.05) is 0 Å². The van der Waals surface area contributed by atoms with E-state index in [1.165, 1.54) is 6.92 Å². The SMILES string of the molecule is C[C](OS)C(=O)O. The Morgan fingerprint density at radius 1 is 1.86 bits per heavy atom. The monoisotopic (exact) mass is 121 g/mol. The molecule has 0 aliphatic carbocycles. The number of aliphatic carboxylic acids is 1. The van der Waals surface area contributed by atoms with Gasteiger partial charge in [-0.05, 0) is 19.8 Å². The van der Waals surface area contributed by atoms with Gasteiger partial charge in [0.2, 0.25) is 6.10 Å². The predicted octanol–water partition coefficient (Wildman–Crippen LogP) is 0.484. The Balaban J connectivity index is 3.34. The Labute approximate surface area is 46.9 Å². The second-order valence-corrected chi connectivity index (χ2v) is 1.14. The summed E-state index contributed by atoms with van der Waals surface area (Å²) in [4.78, 5) is 9.72. The Morgan fingerprint density at radius 2 is 2.29 bits per heavy atom. The quantitative estimate of drug-likeness (QED) is 0.412. The molecule has 0 heterocycles. The van der Waals surface area contributed by atoms with Gasteiger partial charge in [0.25, 0.3) is 0 Å². The molecular weight excluding hydrogens is 116 g/mol. The van der Waals surface area contributed by atoms with Crippen LogP contribution in [0.1, 0.15) is 6.92 Å². The second kappa shape index (κ2) is 2.87. The van der Waals surface area contributed by atoms with Gasteiger partial charge < -0.3 is 5.11 Å². The van der Waals surface area contributed by atoms with E-state index in [2.05, 4.69) is 17.1 Å². The Hall–Kier alpha value is -0.220. The van der Waals surface area contributed by atoms with Crippen LogP contribution in [0, 0.1) is 6.10 Å². The van der Waals surface area contributed by atoms with Crippen molar-refractivity contribution in [3.63, 3.8) is 0 Å². The molecule has 1 radical (unpaired) electrons. The van der Waals surface area contributed by atoms with E-state index in [0.717, 1.165) is 0 Å². The zero-order valence-corrected chi connectivity index (χ0v) is 4.61. The molecule has 1 N–H and O–H groups in total. The van der Waals surface area contributed by atoms with Crippen LogP contribution in [-0.2, 0) is 8.98 Å². The maximum atomic E-state index is 9.72. The highest BCUT2D eigenvalue weighted by molar-refractivity contribution is 7.75. The van der Waals surface area contributed by atoms with Crippen LogP contribution >= 0.6 is 12.9 Å². The minimum Gasteiger partial charge on any atom is -0.479 e. The lowest BCUT2D eigenvalue weighted by molar-refractivity contribution is -0.138. The average molecular weight is 121 g/mol. The Morgan fingerprint density at radius 3 is 2.29 bits per heavy atom. The molecule has 0 fully saturated rings. The fraction of sp³-hybridized carbons (Fsp3) is 0.333. The van der Waals surface area contributed by atoms with Crippen LogP contribution < -0.4 is 0 Å². The predicted molar refractivity (Wildman–Crippen MR) is 26.6 cm³/mol. The lowest BCUT2D eigenvalue weighted by Gasteiger charge is -1.95. The summed E-state index contributed by atoms with van der Waals surface area (Å²) in [5, 5.41) is 7.97. The first-order valence-corrected chi connectivity index (χ1v) is 1.93. The summed E-state index contributed by atoms with van der Waals surface area (Å²) in [5.74, 6) is -1.09. The molecule has 0 amide bonds. The van der Waals surface area contributed by atoms with Crippen molar-refractivity contribution >= 4 is 18.9 Å². The Bertz CT molecular complexity index is 72.6. The highest BCUT2D eigenvalue weighted by Gasteiger charge is 2.09. The van der Waals surface area contributed by atoms with Gasteiger partial charge >= 0.3 is 5.97 Å². The van der Waals surface area contributed by atoms with Crippen molar-refractivity contribution in [2.45, 2.75) is 6.92 Å². The smallest absolute Gasteiger partial charge is 0.340 e. The number of carbonyl (C=O) groups is 1. The molecular formula is C3H5O3S. The van der Waals surface area contributed by atoms with E-state index < -0.39 is 5.97 Å². The first-order valence-electron chi connectivity index (χ1n) is 1.56. The van der Waals surface area contributed by atoms with Crippen LogP contribution in [0.4, 0.5) is 0 Å². The second-order valence-electron chi connectivity index (χ2n) is 0.953. The van der Waals surface area contributed by atoms with Gasteiger partial charge in [-0.3, -0.25) is 4.18 Å². The molecule has 0 aromatic heterocycles. The van der Waals surface area contributed by atoms with Gasteiger partial charge in [-0.2, -0.15) is 0 Å². The molecule has 0 aromatic carbocycles. The van der Waals surface area contributed by atoms with E-state index >= 15 is 0 Å². The van der Waals surface area contributed by atoms with Gasteiger partial charge in [-0.25, -0.2) is 4.79 Å². The number of carboxylic acid groups (broad SMARTS) is 1. The minimum atomic E-state index is -1.09. The van der Waals surface area contributed by atoms with Crippen LogP contribution in [0.3, 0.4) is 0 Å². The molecule has 0 aliphatic rings. The third-order valence-electron chi connectivity index (χ3n) is 0.438. The molecule has 0 rings (SSSR count). The molecule has 0 unspecified atom stereocenters. The molecule has 0 spiro atoms. The lowest BCUT2D eigenvalue weighted by Crippen LogP contribution is -2.05. The highest BCUT2D eigenvalue weighted by atomic mass is 32.1. The number of hydrogen-bond acceptors (Lipinski definition) is 3. The molecule has 0 aromatic rings. The van der Waals surface area contributed by atoms with Gasteiger partial charge in [0, 0.05) is 0 Å². The van der Waals surface area contributed by atoms with Crippen molar-refractivity contribution in [1.29, 1.82) is 0 Å². The summed E-state index contributed by atoms with van der Waals surface area (Å²) in [6.45, 7) is 1.31. The third-order valence-corrected chi connectivity index (χ3v) is 0.712. The van der Waals surface area contributed by atoms with E-state index in [0.29, 0.717) is 0 Å². The van der Waals surface area contributed by atoms with Crippen molar-refractivity contribution in [3.05, 3.63) is 6.10 Å². The van der Waals surface area contributed by atoms with E-state index in [4.69, 9.17) is 5.11 Å². The fourth-order valence-corrected chi connectivity index (χ4v) is 0.117. The normalized spacial score (nSPS) is 9.57. The largest absolute Gasteiger partial charge is 0.479 e. The summed E-state index contributed by atoms with van der Waals surface area (Å²) >= 11 is 3.24. The van der Waals surface area contributed by atoms with Crippen molar-refractivity contribution in [1.82, 2.24) is 0 Å². The van der Waals surface area contributed by atoms with E-state index in [1.54, 1.807) is 0 Å².